The Morgan fingerprint density at radius 3 is 2.71 bits per heavy atom. The summed E-state index contributed by atoms with van der Waals surface area (Å²) < 4.78 is 4.81. The monoisotopic (exact) mass is 286 g/mol. The number of hydrogen-bond donors (Lipinski definition) is 1. The van der Waals surface area contributed by atoms with Crippen LogP contribution < -0.4 is 5.32 Å². The minimum absolute atomic E-state index is 0.237. The number of benzene rings is 1. The average Bonchev–Trinajstić information content (AvgIpc) is 2.46. The predicted molar refractivity (Wildman–Crippen MR) is 85.5 cm³/mol. The Morgan fingerprint density at radius 1 is 1.33 bits per heavy atom. The number of carbonyl (C=O) groups excluding carboxylic acids is 1. The minimum atomic E-state index is -0.247. The number of ether oxygens (including phenoxy) is 1. The molecule has 4 heteroatoms. The molecule has 0 radical (unpaired) electrons. The van der Waals surface area contributed by atoms with Crippen LogP contribution in [0.15, 0.2) is 24.3 Å². The number of para-hydroxylation sites is 1. The molecule has 0 aliphatic heterocycles. The van der Waals surface area contributed by atoms with Gasteiger partial charge in [-0.25, -0.2) is 0 Å². The van der Waals surface area contributed by atoms with Crippen LogP contribution in [-0.4, -0.2) is 24.6 Å². The van der Waals surface area contributed by atoms with Crippen LogP contribution in [0.5, 0.6) is 0 Å². The summed E-state index contributed by atoms with van der Waals surface area (Å²) in [6.45, 7) is 7.10. The summed E-state index contributed by atoms with van der Waals surface area (Å²) in [5.41, 5.74) is 3.72. The van der Waals surface area contributed by atoms with Crippen LogP contribution in [0.4, 0.5) is 5.69 Å². The zero-order valence-corrected chi connectivity index (χ0v) is 13.1. The lowest BCUT2D eigenvalue weighted by atomic mass is 10.0. The van der Waals surface area contributed by atoms with E-state index in [9.17, 15) is 4.79 Å². The number of methoxy groups -OCH3 is 1. The Bertz CT molecular complexity index is 651. The quantitative estimate of drug-likeness (QED) is 0.857. The second kappa shape index (κ2) is 6.57. The first kappa shape index (κ1) is 15.3. The number of anilines is 1. The molecule has 4 nitrogen and oxygen atoms in total. The van der Waals surface area contributed by atoms with Crippen molar-refractivity contribution < 1.29 is 9.53 Å². The summed E-state index contributed by atoms with van der Waals surface area (Å²) in [4.78, 5) is 16.3. The summed E-state index contributed by atoms with van der Waals surface area (Å²) >= 11 is 0. The zero-order chi connectivity index (χ0) is 15.4. The fraction of sp³-hybridized carbons (Fsp3) is 0.412. The van der Waals surface area contributed by atoms with Crippen LogP contribution in [0.1, 0.15) is 25.1 Å². The molecular weight excluding hydrogens is 264 g/mol. The molecule has 0 aliphatic rings. The summed E-state index contributed by atoms with van der Waals surface area (Å²) in [6, 6.07) is 7.98. The number of pyridine rings is 1. The molecule has 0 atom stereocenters. The van der Waals surface area contributed by atoms with Gasteiger partial charge in [-0.3, -0.25) is 9.78 Å². The average molecular weight is 286 g/mol. The van der Waals surface area contributed by atoms with Crippen LogP contribution in [0.2, 0.25) is 0 Å². The topological polar surface area (TPSA) is 51.2 Å². The van der Waals surface area contributed by atoms with Crippen molar-refractivity contribution >= 4 is 22.6 Å². The molecule has 1 heterocycles. The van der Waals surface area contributed by atoms with E-state index in [2.05, 4.69) is 24.1 Å². The van der Waals surface area contributed by atoms with Crippen LogP contribution in [0.25, 0.3) is 10.9 Å². The van der Waals surface area contributed by atoms with Gasteiger partial charge in [0.25, 0.3) is 0 Å². The van der Waals surface area contributed by atoms with E-state index in [4.69, 9.17) is 4.74 Å². The summed E-state index contributed by atoms with van der Waals surface area (Å²) in [6.07, 6.45) is 0.237. The first-order valence-electron chi connectivity index (χ1n) is 7.21. The van der Waals surface area contributed by atoms with Crippen LogP contribution in [-0.2, 0) is 16.0 Å². The molecule has 0 saturated carbocycles. The lowest BCUT2D eigenvalue weighted by Crippen LogP contribution is -2.14. The number of nitrogens with zero attached hydrogens (tertiary/aromatic N) is 1. The van der Waals surface area contributed by atoms with Crippen LogP contribution >= 0.6 is 0 Å². The molecule has 1 aromatic heterocycles. The summed E-state index contributed by atoms with van der Waals surface area (Å²) in [7, 11) is 1.41. The van der Waals surface area contributed by atoms with Gasteiger partial charge in [-0.1, -0.05) is 32.0 Å². The Kier molecular flexibility index (Phi) is 4.78. The molecule has 0 unspecified atom stereocenters. The second-order valence-electron chi connectivity index (χ2n) is 5.60. The first-order valence-corrected chi connectivity index (χ1v) is 7.21. The molecule has 112 valence electrons. The number of esters is 1. The highest BCUT2D eigenvalue weighted by molar-refractivity contribution is 5.95. The highest BCUT2D eigenvalue weighted by Crippen LogP contribution is 2.29. The van der Waals surface area contributed by atoms with Crippen molar-refractivity contribution in [2.45, 2.75) is 27.2 Å². The van der Waals surface area contributed by atoms with Gasteiger partial charge in [0, 0.05) is 28.9 Å². The maximum atomic E-state index is 11.7. The highest BCUT2D eigenvalue weighted by Gasteiger charge is 2.16. The van der Waals surface area contributed by atoms with E-state index in [1.54, 1.807) is 0 Å². The number of carbonyl (C=O) groups is 1. The normalized spacial score (nSPS) is 10.9. The van der Waals surface area contributed by atoms with Crippen molar-refractivity contribution in [1.82, 2.24) is 4.98 Å². The molecular formula is C17H22N2O2. The third kappa shape index (κ3) is 3.51. The predicted octanol–water partition coefficient (Wildman–Crippen LogP) is 3.33. The fourth-order valence-corrected chi connectivity index (χ4v) is 2.32. The minimum Gasteiger partial charge on any atom is -0.469 e. The summed E-state index contributed by atoms with van der Waals surface area (Å²) in [5.74, 6) is 0.269. The number of rotatable bonds is 5. The molecule has 21 heavy (non-hydrogen) atoms. The van der Waals surface area contributed by atoms with Gasteiger partial charge in [0.05, 0.1) is 19.0 Å². The number of aryl methyl sites for hydroxylation is 1. The van der Waals surface area contributed by atoms with Crippen LogP contribution in [0, 0.1) is 12.8 Å². The van der Waals surface area contributed by atoms with Gasteiger partial charge in [-0.2, -0.15) is 0 Å². The SMILES string of the molecule is COC(=O)Cc1c(C)nc2ccccc2c1NCC(C)C. The smallest absolute Gasteiger partial charge is 0.310 e. The molecule has 2 aromatic rings. The molecule has 0 fully saturated rings. The van der Waals surface area contributed by atoms with Gasteiger partial charge >= 0.3 is 5.97 Å². The van der Waals surface area contributed by atoms with Gasteiger partial charge in [0.2, 0.25) is 0 Å². The highest BCUT2D eigenvalue weighted by atomic mass is 16.5. The van der Waals surface area contributed by atoms with E-state index in [0.717, 1.165) is 34.4 Å². The van der Waals surface area contributed by atoms with Crippen LogP contribution in [0.3, 0.4) is 0 Å². The number of hydrogen-bond acceptors (Lipinski definition) is 4. The van der Waals surface area contributed by atoms with E-state index in [0.29, 0.717) is 5.92 Å². The first-order chi connectivity index (χ1) is 10.0. The van der Waals surface area contributed by atoms with Crippen molar-refractivity contribution in [3.8, 4) is 0 Å². The molecule has 0 saturated heterocycles. The Morgan fingerprint density at radius 2 is 2.05 bits per heavy atom. The maximum absolute atomic E-state index is 11.7. The van der Waals surface area contributed by atoms with E-state index in [1.807, 2.05) is 31.2 Å². The summed E-state index contributed by atoms with van der Waals surface area (Å²) in [5, 5.41) is 4.52. The standard InChI is InChI=1S/C17H22N2O2/c1-11(2)10-18-17-13-7-5-6-8-15(13)19-12(3)14(17)9-16(20)21-4/h5-8,11H,9-10H2,1-4H3,(H,18,19). The van der Waals surface area contributed by atoms with E-state index < -0.39 is 0 Å². The number of fused-ring (bicyclic) bond motifs is 1. The lowest BCUT2D eigenvalue weighted by Gasteiger charge is -2.17. The molecule has 2 rings (SSSR count). The molecule has 0 spiro atoms. The Balaban J connectivity index is 2.54. The van der Waals surface area contributed by atoms with Crippen molar-refractivity contribution in [2.24, 2.45) is 5.92 Å². The van der Waals surface area contributed by atoms with E-state index in [-0.39, 0.29) is 12.4 Å². The van der Waals surface area contributed by atoms with Gasteiger partial charge < -0.3 is 10.1 Å². The lowest BCUT2D eigenvalue weighted by molar-refractivity contribution is -0.139. The van der Waals surface area contributed by atoms with Crippen molar-refractivity contribution in [1.29, 1.82) is 0 Å². The second-order valence-corrected chi connectivity index (χ2v) is 5.60. The molecule has 0 amide bonds. The van der Waals surface area contributed by atoms with Gasteiger partial charge in [-0.15, -0.1) is 0 Å². The molecule has 0 bridgehead atoms. The maximum Gasteiger partial charge on any atom is 0.310 e. The Hall–Kier alpha value is -2.10. The molecule has 1 aromatic carbocycles. The van der Waals surface area contributed by atoms with Crippen molar-refractivity contribution in [3.63, 3.8) is 0 Å². The van der Waals surface area contributed by atoms with E-state index >= 15 is 0 Å². The Labute approximate surface area is 125 Å². The third-order valence-corrected chi connectivity index (χ3v) is 3.44. The molecule has 1 N–H and O–H groups in total. The van der Waals surface area contributed by atoms with Crippen molar-refractivity contribution in [3.05, 3.63) is 35.5 Å². The van der Waals surface area contributed by atoms with Crippen molar-refractivity contribution in [2.75, 3.05) is 19.0 Å². The van der Waals surface area contributed by atoms with Gasteiger partial charge in [0.15, 0.2) is 0 Å². The molecule has 0 aliphatic carbocycles. The number of aromatic nitrogens is 1. The fourth-order valence-electron chi connectivity index (χ4n) is 2.32. The van der Waals surface area contributed by atoms with E-state index in [1.165, 1.54) is 7.11 Å². The van der Waals surface area contributed by atoms with Gasteiger partial charge in [-0.05, 0) is 18.9 Å². The third-order valence-electron chi connectivity index (χ3n) is 3.44. The number of nitrogens with one attached hydrogen (secondary N) is 1. The van der Waals surface area contributed by atoms with Gasteiger partial charge in [0.1, 0.15) is 0 Å². The zero-order valence-electron chi connectivity index (χ0n) is 13.1. The largest absolute Gasteiger partial charge is 0.469 e.